The number of rotatable bonds is 4. The molecule has 4 aliphatic rings. The average Bonchev–Trinajstić information content (AvgIpc) is 3.07. The molecule has 4 aliphatic carbocycles. The van der Waals surface area contributed by atoms with Crippen LogP contribution in [-0.4, -0.2) is 16.1 Å². The highest BCUT2D eigenvalue weighted by molar-refractivity contribution is 5.83. The Kier molecular flexibility index (Phi) is 3.62. The normalized spacial score (nSPS) is 32.0. The first-order valence-corrected chi connectivity index (χ1v) is 9.47. The Morgan fingerprint density at radius 3 is 2.42 bits per heavy atom. The zero-order valence-electron chi connectivity index (χ0n) is 14.6. The standard InChI is InChI=1S/C20H22FN3O2/c21-16-4-2-1-3-15(16)18-24-23-17(26-18)11-22-19(25)20-8-12-5-13(9-20)7-14(6-12)10-20/h1-4,12-14H,5-11H2,(H,22,25). The second-order valence-corrected chi connectivity index (χ2v) is 8.36. The highest BCUT2D eigenvalue weighted by Gasteiger charge is 2.54. The largest absolute Gasteiger partial charge is 0.419 e. The van der Waals surface area contributed by atoms with Gasteiger partial charge in [-0.25, -0.2) is 4.39 Å². The number of hydrogen-bond acceptors (Lipinski definition) is 4. The van der Waals surface area contributed by atoms with Crippen LogP contribution in [0.3, 0.4) is 0 Å². The van der Waals surface area contributed by atoms with Crippen LogP contribution in [-0.2, 0) is 11.3 Å². The van der Waals surface area contributed by atoms with Crippen LogP contribution in [0.4, 0.5) is 4.39 Å². The minimum absolute atomic E-state index is 0.127. The van der Waals surface area contributed by atoms with E-state index in [1.807, 2.05) is 0 Å². The number of carbonyl (C=O) groups excluding carboxylic acids is 1. The molecule has 1 aromatic carbocycles. The summed E-state index contributed by atoms with van der Waals surface area (Å²) in [5.41, 5.74) is 0.0852. The first-order valence-electron chi connectivity index (χ1n) is 9.47. The van der Waals surface area contributed by atoms with Crippen LogP contribution in [0.1, 0.15) is 44.4 Å². The number of amides is 1. The minimum Gasteiger partial charge on any atom is -0.419 e. The molecule has 1 amide bonds. The summed E-state index contributed by atoms with van der Waals surface area (Å²) < 4.78 is 19.4. The van der Waals surface area contributed by atoms with Gasteiger partial charge in [0, 0.05) is 5.41 Å². The molecule has 0 spiro atoms. The maximum atomic E-state index is 13.8. The SMILES string of the molecule is O=C(NCc1nnc(-c2ccccc2F)o1)C12CC3CC(CC(C3)C1)C2. The van der Waals surface area contributed by atoms with Crippen molar-refractivity contribution in [2.24, 2.45) is 23.2 Å². The van der Waals surface area contributed by atoms with Gasteiger partial charge < -0.3 is 9.73 Å². The van der Waals surface area contributed by atoms with Gasteiger partial charge in [-0.1, -0.05) is 12.1 Å². The Hall–Kier alpha value is -2.24. The number of halogens is 1. The van der Waals surface area contributed by atoms with Crippen LogP contribution in [0.15, 0.2) is 28.7 Å². The van der Waals surface area contributed by atoms with Gasteiger partial charge in [0.2, 0.25) is 11.8 Å². The van der Waals surface area contributed by atoms with Crippen molar-refractivity contribution in [3.05, 3.63) is 36.0 Å². The summed E-state index contributed by atoms with van der Waals surface area (Å²) >= 11 is 0. The average molecular weight is 355 g/mol. The minimum atomic E-state index is -0.402. The first-order chi connectivity index (χ1) is 12.6. The summed E-state index contributed by atoms with van der Waals surface area (Å²) in [5.74, 6) is 2.35. The van der Waals surface area contributed by atoms with E-state index < -0.39 is 5.82 Å². The van der Waals surface area contributed by atoms with E-state index in [-0.39, 0.29) is 29.3 Å². The molecular weight excluding hydrogens is 333 g/mol. The Labute approximate surface area is 151 Å². The molecule has 2 aromatic rings. The molecule has 136 valence electrons. The van der Waals surface area contributed by atoms with E-state index >= 15 is 0 Å². The Morgan fingerprint density at radius 1 is 1.12 bits per heavy atom. The number of aromatic nitrogens is 2. The molecule has 4 fully saturated rings. The van der Waals surface area contributed by atoms with E-state index in [1.165, 1.54) is 25.3 Å². The fraction of sp³-hybridized carbons (Fsp3) is 0.550. The predicted molar refractivity (Wildman–Crippen MR) is 92.1 cm³/mol. The topological polar surface area (TPSA) is 68.0 Å². The third kappa shape index (κ3) is 2.63. The van der Waals surface area contributed by atoms with Gasteiger partial charge >= 0.3 is 0 Å². The molecule has 1 N–H and O–H groups in total. The number of carbonyl (C=O) groups is 1. The van der Waals surface area contributed by atoms with E-state index in [2.05, 4.69) is 15.5 Å². The highest BCUT2D eigenvalue weighted by Crippen LogP contribution is 2.60. The molecule has 1 aromatic heterocycles. The van der Waals surface area contributed by atoms with Crippen LogP contribution < -0.4 is 5.32 Å². The second-order valence-electron chi connectivity index (χ2n) is 8.36. The number of nitrogens with one attached hydrogen (secondary N) is 1. The van der Waals surface area contributed by atoms with E-state index in [9.17, 15) is 9.18 Å². The van der Waals surface area contributed by atoms with Crippen LogP contribution >= 0.6 is 0 Å². The van der Waals surface area contributed by atoms with Crippen LogP contribution in [0, 0.1) is 29.0 Å². The fourth-order valence-corrected chi connectivity index (χ4v) is 5.80. The summed E-state index contributed by atoms with van der Waals surface area (Å²) in [7, 11) is 0. The number of benzene rings is 1. The van der Waals surface area contributed by atoms with Gasteiger partial charge in [-0.2, -0.15) is 0 Å². The van der Waals surface area contributed by atoms with Gasteiger partial charge in [-0.3, -0.25) is 4.79 Å². The van der Waals surface area contributed by atoms with Crippen molar-refractivity contribution in [3.8, 4) is 11.5 Å². The summed E-state index contributed by atoms with van der Waals surface area (Å²) in [6, 6.07) is 6.29. The van der Waals surface area contributed by atoms with Gasteiger partial charge in [0.05, 0.1) is 12.1 Å². The molecule has 26 heavy (non-hydrogen) atoms. The van der Waals surface area contributed by atoms with Crippen molar-refractivity contribution >= 4 is 5.91 Å². The lowest BCUT2D eigenvalue weighted by molar-refractivity contribution is -0.146. The molecule has 6 heteroatoms. The van der Waals surface area contributed by atoms with Gasteiger partial charge in [0.15, 0.2) is 0 Å². The Balaban J connectivity index is 1.27. The number of nitrogens with zero attached hydrogens (tertiary/aromatic N) is 2. The molecular formula is C20H22FN3O2. The van der Waals surface area contributed by atoms with Crippen molar-refractivity contribution < 1.29 is 13.6 Å². The lowest BCUT2D eigenvalue weighted by atomic mass is 9.49. The van der Waals surface area contributed by atoms with Gasteiger partial charge in [0.1, 0.15) is 5.82 Å². The van der Waals surface area contributed by atoms with Gasteiger partial charge in [-0.05, 0) is 68.4 Å². The molecule has 5 nitrogen and oxygen atoms in total. The summed E-state index contributed by atoms with van der Waals surface area (Å²) in [6.45, 7) is 0.196. The maximum Gasteiger partial charge on any atom is 0.250 e. The van der Waals surface area contributed by atoms with Crippen molar-refractivity contribution in [2.45, 2.75) is 45.1 Å². The van der Waals surface area contributed by atoms with E-state index in [4.69, 9.17) is 4.42 Å². The van der Waals surface area contributed by atoms with Gasteiger partial charge in [-0.15, -0.1) is 10.2 Å². The molecule has 0 saturated heterocycles. The molecule has 0 radical (unpaired) electrons. The maximum absolute atomic E-state index is 13.8. The first kappa shape index (κ1) is 16.0. The van der Waals surface area contributed by atoms with E-state index in [1.54, 1.807) is 18.2 Å². The van der Waals surface area contributed by atoms with Gasteiger partial charge in [0.25, 0.3) is 5.89 Å². The number of hydrogen-bond donors (Lipinski definition) is 1. The zero-order valence-corrected chi connectivity index (χ0v) is 14.6. The van der Waals surface area contributed by atoms with Crippen molar-refractivity contribution in [1.29, 1.82) is 0 Å². The fourth-order valence-electron chi connectivity index (χ4n) is 5.80. The molecule has 6 rings (SSSR count). The Morgan fingerprint density at radius 2 is 1.77 bits per heavy atom. The molecule has 4 saturated carbocycles. The lowest BCUT2D eigenvalue weighted by Gasteiger charge is -2.55. The molecule has 1 heterocycles. The lowest BCUT2D eigenvalue weighted by Crippen LogP contribution is -2.53. The van der Waals surface area contributed by atoms with Crippen LogP contribution in [0.2, 0.25) is 0 Å². The predicted octanol–water partition coefficient (Wildman–Crippen LogP) is 3.71. The highest BCUT2D eigenvalue weighted by atomic mass is 19.1. The van der Waals surface area contributed by atoms with Crippen LogP contribution in [0.25, 0.3) is 11.5 Å². The summed E-state index contributed by atoms with van der Waals surface area (Å²) in [6.07, 6.45) is 6.99. The molecule has 0 atom stereocenters. The summed E-state index contributed by atoms with van der Waals surface area (Å²) in [5, 5.41) is 10.9. The van der Waals surface area contributed by atoms with Crippen molar-refractivity contribution in [3.63, 3.8) is 0 Å². The van der Waals surface area contributed by atoms with E-state index in [0.29, 0.717) is 5.89 Å². The monoisotopic (exact) mass is 355 g/mol. The third-order valence-electron chi connectivity index (χ3n) is 6.49. The third-order valence-corrected chi connectivity index (χ3v) is 6.49. The summed E-state index contributed by atoms with van der Waals surface area (Å²) in [4.78, 5) is 12.9. The molecule has 0 unspecified atom stereocenters. The molecule has 4 bridgehead atoms. The van der Waals surface area contributed by atoms with Crippen molar-refractivity contribution in [2.75, 3.05) is 0 Å². The quantitative estimate of drug-likeness (QED) is 0.908. The zero-order chi connectivity index (χ0) is 17.7. The molecule has 0 aliphatic heterocycles. The van der Waals surface area contributed by atoms with E-state index in [0.717, 1.165) is 37.0 Å². The van der Waals surface area contributed by atoms with Crippen LogP contribution in [0.5, 0.6) is 0 Å². The van der Waals surface area contributed by atoms with Crippen molar-refractivity contribution in [1.82, 2.24) is 15.5 Å². The second kappa shape index (κ2) is 5.89. The Bertz CT molecular complexity index is 812. The smallest absolute Gasteiger partial charge is 0.250 e.